The van der Waals surface area contributed by atoms with Crippen molar-refractivity contribution in [1.82, 2.24) is 10.6 Å². The van der Waals surface area contributed by atoms with Gasteiger partial charge >= 0.3 is 6.03 Å². The molecule has 0 spiro atoms. The Morgan fingerprint density at radius 1 is 1.16 bits per heavy atom. The molecule has 8 nitrogen and oxygen atoms in total. The van der Waals surface area contributed by atoms with Crippen LogP contribution in [0.3, 0.4) is 0 Å². The number of likely N-dealkylation sites (N-methyl/N-ethyl adjacent to an activating group) is 1. The van der Waals surface area contributed by atoms with Gasteiger partial charge in [-0.25, -0.2) is 22.6 Å². The van der Waals surface area contributed by atoms with Gasteiger partial charge in [-0.3, -0.25) is 4.79 Å². The number of hydrogen-bond donors (Lipinski definition) is 2. The minimum atomic E-state index is -3.05. The maximum Gasteiger partial charge on any atom is 0.316 e. The fourth-order valence-corrected chi connectivity index (χ4v) is 5.79. The van der Waals surface area contributed by atoms with Crippen molar-refractivity contribution >= 4 is 33.2 Å². The third-order valence-electron chi connectivity index (χ3n) is 5.62. The number of halogens is 1. The van der Waals surface area contributed by atoms with Crippen molar-refractivity contribution in [3.8, 4) is 0 Å². The molecule has 0 bridgehead atoms. The van der Waals surface area contributed by atoms with E-state index in [0.29, 0.717) is 17.7 Å². The number of nitrogens with one attached hydrogen (secondary N) is 2. The van der Waals surface area contributed by atoms with Crippen molar-refractivity contribution in [2.45, 2.75) is 12.6 Å². The Bertz CT molecular complexity index is 1200. The number of benzene rings is 2. The van der Waals surface area contributed by atoms with E-state index in [1.165, 1.54) is 11.0 Å². The molecule has 2 aliphatic rings. The van der Waals surface area contributed by atoms with Gasteiger partial charge in [0.1, 0.15) is 5.82 Å². The molecular formula is C22H23FN4O4S. The average molecular weight is 459 g/mol. The van der Waals surface area contributed by atoms with Crippen LogP contribution in [0, 0.1) is 11.7 Å². The molecule has 2 N–H and O–H groups in total. The minimum absolute atomic E-state index is 0.0310. The highest BCUT2D eigenvalue weighted by Gasteiger charge is 2.32. The van der Waals surface area contributed by atoms with Crippen LogP contribution < -0.4 is 15.5 Å². The van der Waals surface area contributed by atoms with E-state index in [-0.39, 0.29) is 35.2 Å². The molecule has 2 aliphatic heterocycles. The summed E-state index contributed by atoms with van der Waals surface area (Å²) in [6, 6.07) is 12.5. The van der Waals surface area contributed by atoms with Crippen molar-refractivity contribution in [2.75, 3.05) is 30.0 Å². The molecule has 2 aromatic carbocycles. The number of rotatable bonds is 4. The Hall–Kier alpha value is -3.27. The molecule has 2 atom stereocenters. The highest BCUT2D eigenvalue weighted by Crippen LogP contribution is 2.28. The van der Waals surface area contributed by atoms with Crippen LogP contribution in [0.15, 0.2) is 53.5 Å². The quantitative estimate of drug-likeness (QED) is 0.727. The van der Waals surface area contributed by atoms with Crippen molar-refractivity contribution in [2.24, 2.45) is 10.9 Å². The zero-order valence-corrected chi connectivity index (χ0v) is 18.2. The van der Waals surface area contributed by atoms with Gasteiger partial charge in [0, 0.05) is 24.7 Å². The monoisotopic (exact) mass is 458 g/mol. The Morgan fingerprint density at radius 2 is 1.84 bits per heavy atom. The van der Waals surface area contributed by atoms with Crippen molar-refractivity contribution in [3.05, 3.63) is 65.5 Å². The summed E-state index contributed by atoms with van der Waals surface area (Å²) in [5.74, 6) is -1.00. The maximum atomic E-state index is 14.6. The number of urea groups is 1. The van der Waals surface area contributed by atoms with E-state index in [1.807, 2.05) is 0 Å². The van der Waals surface area contributed by atoms with Crippen LogP contribution in [-0.2, 0) is 14.6 Å². The zero-order valence-electron chi connectivity index (χ0n) is 17.4. The summed E-state index contributed by atoms with van der Waals surface area (Å²) in [5.41, 5.74) is 1.57. The van der Waals surface area contributed by atoms with E-state index in [4.69, 9.17) is 0 Å². The molecule has 0 aromatic heterocycles. The highest BCUT2D eigenvalue weighted by atomic mass is 32.2. The summed E-state index contributed by atoms with van der Waals surface area (Å²) in [6.07, 6.45) is -0.798. The van der Waals surface area contributed by atoms with E-state index in [1.54, 1.807) is 49.5 Å². The summed E-state index contributed by atoms with van der Waals surface area (Å²) >= 11 is 0. The van der Waals surface area contributed by atoms with Gasteiger partial charge < -0.3 is 15.5 Å². The lowest BCUT2D eigenvalue weighted by molar-refractivity contribution is -0.119. The second kappa shape index (κ2) is 8.70. The van der Waals surface area contributed by atoms with Crippen LogP contribution in [0.5, 0.6) is 0 Å². The fraction of sp³-hybridized carbons (Fsp3) is 0.318. The van der Waals surface area contributed by atoms with Gasteiger partial charge in [0.2, 0.25) is 6.17 Å². The van der Waals surface area contributed by atoms with Gasteiger partial charge in [-0.15, -0.1) is 0 Å². The Morgan fingerprint density at radius 3 is 2.53 bits per heavy atom. The number of aliphatic imine (C=N–C) groups is 1. The molecule has 3 amide bonds. The Kier molecular flexibility index (Phi) is 5.96. The van der Waals surface area contributed by atoms with E-state index >= 15 is 0 Å². The van der Waals surface area contributed by atoms with Crippen LogP contribution in [0.4, 0.5) is 14.9 Å². The molecule has 4 rings (SSSR count). The molecule has 2 heterocycles. The largest absolute Gasteiger partial charge is 0.338 e. The molecule has 0 saturated carbocycles. The number of nitrogens with zero attached hydrogens (tertiary/aromatic N) is 2. The standard InChI is InChI=1S/C22H23FN4O4S/c1-27-18-9-5-3-7-16(18)19(15-6-2-4-8-17(15)23)25-20(21(27)28)26-22(29)24-12-14-10-11-32(30,31)13-14/h2-9,14,20H,10-13H2,1H3,(H2,24,26,29). The van der Waals surface area contributed by atoms with Gasteiger partial charge in [0.25, 0.3) is 5.91 Å². The highest BCUT2D eigenvalue weighted by molar-refractivity contribution is 7.91. The number of hydrogen-bond acceptors (Lipinski definition) is 5. The molecule has 10 heteroatoms. The number of benzodiazepines with no additional fused rings is 1. The first-order valence-electron chi connectivity index (χ1n) is 10.2. The van der Waals surface area contributed by atoms with Crippen LogP contribution in [0.25, 0.3) is 0 Å². The van der Waals surface area contributed by atoms with E-state index in [0.717, 1.165) is 0 Å². The molecule has 2 unspecified atom stereocenters. The van der Waals surface area contributed by atoms with Gasteiger partial charge in [0.05, 0.1) is 22.9 Å². The number of carbonyl (C=O) groups excluding carboxylic acids is 2. The van der Waals surface area contributed by atoms with Crippen LogP contribution in [0.1, 0.15) is 17.5 Å². The second-order valence-electron chi connectivity index (χ2n) is 7.90. The predicted molar refractivity (Wildman–Crippen MR) is 119 cm³/mol. The minimum Gasteiger partial charge on any atom is -0.338 e. The van der Waals surface area contributed by atoms with Crippen molar-refractivity contribution in [3.63, 3.8) is 0 Å². The first-order valence-corrected chi connectivity index (χ1v) is 12.0. The maximum absolute atomic E-state index is 14.6. The number of anilines is 1. The van der Waals surface area contributed by atoms with Gasteiger partial charge in [-0.2, -0.15) is 0 Å². The molecule has 0 radical (unpaired) electrons. The number of sulfone groups is 1. The smallest absolute Gasteiger partial charge is 0.316 e. The van der Waals surface area contributed by atoms with E-state index < -0.39 is 33.8 Å². The lowest BCUT2D eigenvalue weighted by Gasteiger charge is -2.21. The summed E-state index contributed by atoms with van der Waals surface area (Å²) in [6.45, 7) is 0.173. The van der Waals surface area contributed by atoms with Crippen LogP contribution >= 0.6 is 0 Å². The lowest BCUT2D eigenvalue weighted by atomic mass is 10.00. The summed E-state index contributed by atoms with van der Waals surface area (Å²) in [7, 11) is -1.49. The van der Waals surface area contributed by atoms with Crippen molar-refractivity contribution < 1.29 is 22.4 Å². The van der Waals surface area contributed by atoms with Gasteiger partial charge in [-0.05, 0) is 30.5 Å². The summed E-state index contributed by atoms with van der Waals surface area (Å²) in [5, 5.41) is 5.16. The van der Waals surface area contributed by atoms with Crippen LogP contribution in [0.2, 0.25) is 0 Å². The second-order valence-corrected chi connectivity index (χ2v) is 10.1. The van der Waals surface area contributed by atoms with E-state index in [2.05, 4.69) is 15.6 Å². The Labute approximate surface area is 185 Å². The molecular weight excluding hydrogens is 435 g/mol. The van der Waals surface area contributed by atoms with Gasteiger partial charge in [0.15, 0.2) is 9.84 Å². The molecule has 168 valence electrons. The molecule has 1 saturated heterocycles. The number of para-hydroxylation sites is 1. The number of amides is 3. The lowest BCUT2D eigenvalue weighted by Crippen LogP contribution is -2.50. The third-order valence-corrected chi connectivity index (χ3v) is 7.46. The van der Waals surface area contributed by atoms with Gasteiger partial charge in [-0.1, -0.05) is 30.3 Å². The third kappa shape index (κ3) is 4.50. The fourth-order valence-electron chi connectivity index (χ4n) is 3.93. The molecule has 1 fully saturated rings. The van der Waals surface area contributed by atoms with Crippen LogP contribution in [-0.4, -0.2) is 57.3 Å². The topological polar surface area (TPSA) is 108 Å². The zero-order chi connectivity index (χ0) is 22.9. The SMILES string of the molecule is CN1C(=O)C(NC(=O)NCC2CCS(=O)(=O)C2)N=C(c2ccccc2F)c2ccccc21. The summed E-state index contributed by atoms with van der Waals surface area (Å²) < 4.78 is 37.8. The summed E-state index contributed by atoms with van der Waals surface area (Å²) in [4.78, 5) is 31.4. The first kappa shape index (κ1) is 21.9. The molecule has 0 aliphatic carbocycles. The van der Waals surface area contributed by atoms with E-state index in [9.17, 15) is 22.4 Å². The first-order chi connectivity index (χ1) is 15.2. The predicted octanol–water partition coefficient (Wildman–Crippen LogP) is 1.70. The molecule has 2 aromatic rings. The van der Waals surface area contributed by atoms with Crippen molar-refractivity contribution in [1.29, 1.82) is 0 Å². The number of carbonyl (C=O) groups is 2. The number of fused-ring (bicyclic) bond motifs is 1. The molecule has 32 heavy (non-hydrogen) atoms. The Balaban J connectivity index is 1.60. The average Bonchev–Trinajstić information content (AvgIpc) is 3.09. The normalized spacial score (nSPS) is 22.0.